The van der Waals surface area contributed by atoms with Crippen LogP contribution in [0.25, 0.3) is 98.2 Å². The molecular formula is C54H34N2S. The number of para-hydroxylation sites is 3. The summed E-state index contributed by atoms with van der Waals surface area (Å²) in [6.45, 7) is 0. The molecule has 3 aromatic heterocycles. The van der Waals surface area contributed by atoms with Crippen LogP contribution in [0, 0.1) is 12.1 Å². The van der Waals surface area contributed by atoms with Gasteiger partial charge in [0.2, 0.25) is 0 Å². The topological polar surface area (TPSA) is 9.86 Å². The van der Waals surface area contributed by atoms with E-state index >= 15 is 0 Å². The minimum absolute atomic E-state index is 0.949. The van der Waals surface area contributed by atoms with Gasteiger partial charge in [0.15, 0.2) is 0 Å². The Bertz CT molecular complexity index is 3390. The van der Waals surface area contributed by atoms with Crippen molar-refractivity contribution >= 4 is 75.9 Å². The molecule has 0 fully saturated rings. The first-order valence-corrected chi connectivity index (χ1v) is 20.5. The maximum absolute atomic E-state index is 3.19. The average molecular weight is 743 g/mol. The molecule has 266 valence electrons. The molecule has 3 heterocycles. The van der Waals surface area contributed by atoms with Crippen LogP contribution in [-0.4, -0.2) is 9.13 Å². The van der Waals surface area contributed by atoms with E-state index < -0.39 is 0 Å². The zero-order chi connectivity index (χ0) is 37.5. The smallest absolute Gasteiger partial charge is 0.0541 e. The van der Waals surface area contributed by atoms with Crippen LogP contribution < -0.4 is 0 Å². The van der Waals surface area contributed by atoms with Crippen molar-refractivity contribution in [3.05, 3.63) is 205 Å². The van der Waals surface area contributed by atoms with Gasteiger partial charge in [0.25, 0.3) is 0 Å². The van der Waals surface area contributed by atoms with E-state index in [0.29, 0.717) is 0 Å². The predicted molar refractivity (Wildman–Crippen MR) is 242 cm³/mol. The molecule has 1 aliphatic rings. The van der Waals surface area contributed by atoms with E-state index in [0.717, 1.165) is 18.4 Å². The summed E-state index contributed by atoms with van der Waals surface area (Å²) in [4.78, 5) is 0. The van der Waals surface area contributed by atoms with Gasteiger partial charge >= 0.3 is 0 Å². The van der Waals surface area contributed by atoms with Gasteiger partial charge in [-0.05, 0) is 120 Å². The highest BCUT2D eigenvalue weighted by molar-refractivity contribution is 7.26. The van der Waals surface area contributed by atoms with Crippen molar-refractivity contribution in [3.8, 4) is 33.6 Å². The van der Waals surface area contributed by atoms with E-state index in [9.17, 15) is 0 Å². The molecule has 0 N–H and O–H groups in total. The Morgan fingerprint density at radius 3 is 2.02 bits per heavy atom. The molecular weight excluding hydrogens is 709 g/mol. The highest BCUT2D eigenvalue weighted by Gasteiger charge is 2.24. The zero-order valence-electron chi connectivity index (χ0n) is 31.0. The van der Waals surface area contributed by atoms with Gasteiger partial charge in [0, 0.05) is 64.5 Å². The predicted octanol–water partition coefficient (Wildman–Crippen LogP) is 14.5. The number of nitrogens with zero attached hydrogens (tertiary/aromatic N) is 2. The lowest BCUT2D eigenvalue weighted by Gasteiger charge is -2.19. The molecule has 0 amide bonds. The van der Waals surface area contributed by atoms with E-state index in [4.69, 9.17) is 0 Å². The number of rotatable bonds is 5. The van der Waals surface area contributed by atoms with Crippen LogP contribution >= 0.6 is 11.3 Å². The summed E-state index contributed by atoms with van der Waals surface area (Å²) in [5.41, 5.74) is 16.3. The minimum atomic E-state index is 0.949. The van der Waals surface area contributed by atoms with Gasteiger partial charge in [-0.15, -0.1) is 11.3 Å². The molecule has 11 aromatic rings. The standard InChI is InChI=1S/C54H34N2S/c1-3-15-35(16-4-1)40-19-7-8-20-41(40)47-33-39(34-48-44-23-11-14-26-53(44)57-54(47)48)56-50-25-13-10-22-43(50)46-32-37(28-30-52(46)56)36-27-29-51-45(31-36)42-21-9-12-24-49(42)55(51)38-17-5-2-6-18-38/h2-3,5-27,29,31-34H,28,30H2. The Morgan fingerprint density at radius 2 is 1.18 bits per heavy atom. The summed E-state index contributed by atoms with van der Waals surface area (Å²) in [5.74, 6) is 0. The molecule has 2 nitrogen and oxygen atoms in total. The largest absolute Gasteiger partial charge is 0.313 e. The number of benzene rings is 7. The molecule has 0 atom stereocenters. The molecule has 1 aliphatic carbocycles. The van der Waals surface area contributed by atoms with Gasteiger partial charge in [-0.2, -0.15) is 0 Å². The van der Waals surface area contributed by atoms with Gasteiger partial charge in [0.05, 0.1) is 16.6 Å². The third-order valence-electron chi connectivity index (χ3n) is 11.9. The summed E-state index contributed by atoms with van der Waals surface area (Å²) in [6.07, 6.45) is 4.39. The van der Waals surface area contributed by atoms with E-state index in [1.165, 1.54) is 103 Å². The molecule has 0 bridgehead atoms. The molecule has 0 spiro atoms. The summed E-state index contributed by atoms with van der Waals surface area (Å²) < 4.78 is 7.57. The van der Waals surface area contributed by atoms with Gasteiger partial charge in [-0.3, -0.25) is 0 Å². The van der Waals surface area contributed by atoms with Crippen molar-refractivity contribution < 1.29 is 0 Å². The summed E-state index contributed by atoms with van der Waals surface area (Å²) in [5, 5.41) is 6.46. The Labute approximate surface area is 334 Å². The normalized spacial score (nSPS) is 12.7. The van der Waals surface area contributed by atoms with E-state index in [-0.39, 0.29) is 0 Å². The van der Waals surface area contributed by atoms with Crippen LogP contribution in [0.3, 0.4) is 0 Å². The lowest BCUT2D eigenvalue weighted by atomic mass is 9.90. The molecule has 0 radical (unpaired) electrons. The fraction of sp³-hybridized carbons (Fsp3) is 0.0370. The van der Waals surface area contributed by atoms with Crippen molar-refractivity contribution in [2.24, 2.45) is 0 Å². The fourth-order valence-electron chi connectivity index (χ4n) is 9.40. The Morgan fingerprint density at radius 1 is 0.456 bits per heavy atom. The summed E-state index contributed by atoms with van der Waals surface area (Å²) in [6, 6.07) is 70.5. The first-order valence-electron chi connectivity index (χ1n) is 19.6. The van der Waals surface area contributed by atoms with Crippen molar-refractivity contribution in [2.75, 3.05) is 0 Å². The first kappa shape index (κ1) is 32.2. The quantitative estimate of drug-likeness (QED) is 0.166. The van der Waals surface area contributed by atoms with E-state index in [2.05, 4.69) is 191 Å². The van der Waals surface area contributed by atoms with Crippen LogP contribution in [0.1, 0.15) is 23.2 Å². The second kappa shape index (κ2) is 12.7. The van der Waals surface area contributed by atoms with E-state index in [1.54, 1.807) is 0 Å². The van der Waals surface area contributed by atoms with Gasteiger partial charge < -0.3 is 9.13 Å². The van der Waals surface area contributed by atoms with Crippen LogP contribution in [0.2, 0.25) is 0 Å². The molecule has 57 heavy (non-hydrogen) atoms. The number of allylic oxidation sites excluding steroid dienone is 1. The number of aromatic nitrogens is 2. The second-order valence-corrected chi connectivity index (χ2v) is 16.1. The lowest BCUT2D eigenvalue weighted by Crippen LogP contribution is -2.05. The maximum Gasteiger partial charge on any atom is 0.0541 e. The average Bonchev–Trinajstić information content (AvgIpc) is 3.94. The molecule has 0 saturated carbocycles. The van der Waals surface area contributed by atoms with Crippen molar-refractivity contribution in [1.82, 2.24) is 9.13 Å². The fourth-order valence-corrected chi connectivity index (χ4v) is 10.6. The highest BCUT2D eigenvalue weighted by Crippen LogP contribution is 2.46. The van der Waals surface area contributed by atoms with Crippen LogP contribution in [0.5, 0.6) is 0 Å². The van der Waals surface area contributed by atoms with Crippen LogP contribution in [0.4, 0.5) is 0 Å². The third kappa shape index (κ3) is 4.98. The number of fused-ring (bicyclic) bond motifs is 9. The third-order valence-corrected chi connectivity index (χ3v) is 13.1. The van der Waals surface area contributed by atoms with Crippen molar-refractivity contribution in [2.45, 2.75) is 12.8 Å². The first-order chi connectivity index (χ1) is 28.3. The van der Waals surface area contributed by atoms with Gasteiger partial charge in [-0.1, -0.05) is 115 Å². The van der Waals surface area contributed by atoms with Crippen molar-refractivity contribution in [3.63, 3.8) is 0 Å². The van der Waals surface area contributed by atoms with Gasteiger partial charge in [0.1, 0.15) is 0 Å². The Kier molecular flexibility index (Phi) is 7.17. The molecule has 8 aromatic carbocycles. The SMILES string of the molecule is c1ccc(-c2ccccc2-c2cc(-n3c4c(c5ccccc53)C=C(c3ccc5c(c3)c3ccccc3n5-c3ccccc3)CC4)cc3c2sc2ccccc23)cc#1. The molecule has 0 saturated heterocycles. The van der Waals surface area contributed by atoms with Gasteiger partial charge in [-0.25, -0.2) is 0 Å². The highest BCUT2D eigenvalue weighted by atomic mass is 32.1. The summed E-state index contributed by atoms with van der Waals surface area (Å²) >= 11 is 1.89. The maximum atomic E-state index is 3.19. The van der Waals surface area contributed by atoms with Crippen molar-refractivity contribution in [1.29, 1.82) is 0 Å². The minimum Gasteiger partial charge on any atom is -0.313 e. The van der Waals surface area contributed by atoms with Crippen LogP contribution in [0.15, 0.2) is 176 Å². The number of hydrogen-bond donors (Lipinski definition) is 0. The van der Waals surface area contributed by atoms with Crippen LogP contribution in [-0.2, 0) is 6.42 Å². The Hall–Kier alpha value is -7.12. The Balaban J connectivity index is 1.06. The second-order valence-electron chi connectivity index (χ2n) is 15.0. The number of thiophene rings is 1. The lowest BCUT2D eigenvalue weighted by molar-refractivity contribution is 0.899. The molecule has 0 unspecified atom stereocenters. The molecule has 0 aliphatic heterocycles. The molecule has 3 heteroatoms. The van der Waals surface area contributed by atoms with E-state index in [1.807, 2.05) is 23.5 Å². The summed E-state index contributed by atoms with van der Waals surface area (Å²) in [7, 11) is 0. The molecule has 12 rings (SSSR count). The number of hydrogen-bond acceptors (Lipinski definition) is 1. The monoisotopic (exact) mass is 742 g/mol. The zero-order valence-corrected chi connectivity index (χ0v) is 31.9.